The van der Waals surface area contributed by atoms with Crippen molar-refractivity contribution in [3.8, 4) is 0 Å². The second-order valence-electron chi connectivity index (χ2n) is 7.86. The summed E-state index contributed by atoms with van der Waals surface area (Å²) in [7, 11) is 0. The standard InChI is InChI=1S/C18H16.C9H7NO2/c1-3-7-15-13(5-1)9-11-18-16-8-4-2-6-14(16)10-12-17(15)18;11-9(12)7-5-8-3-1-2-4-10(8)6-7/h1,3,5,7,9-12H,2,4,6,8H2;1-6H,(H,11,12). The maximum atomic E-state index is 10.6. The number of nitrogens with zero attached hydrogens (tertiary/aromatic N) is 1. The minimum Gasteiger partial charge on any atom is -0.478 e. The number of hydrogen-bond acceptors (Lipinski definition) is 1. The van der Waals surface area contributed by atoms with Gasteiger partial charge in [0.2, 0.25) is 0 Å². The highest BCUT2D eigenvalue weighted by atomic mass is 16.4. The zero-order chi connectivity index (χ0) is 20.5. The van der Waals surface area contributed by atoms with Crippen LogP contribution in [0.2, 0.25) is 0 Å². The van der Waals surface area contributed by atoms with Crippen LogP contribution in [0.25, 0.3) is 27.1 Å². The number of benzene rings is 3. The van der Waals surface area contributed by atoms with Crippen LogP contribution in [0.5, 0.6) is 0 Å². The number of aromatic nitrogens is 1. The van der Waals surface area contributed by atoms with Gasteiger partial charge in [0, 0.05) is 17.9 Å². The molecule has 0 bridgehead atoms. The van der Waals surface area contributed by atoms with E-state index in [4.69, 9.17) is 5.11 Å². The van der Waals surface area contributed by atoms with Gasteiger partial charge in [0.05, 0.1) is 5.56 Å². The van der Waals surface area contributed by atoms with Crippen molar-refractivity contribution in [2.75, 3.05) is 0 Å². The lowest BCUT2D eigenvalue weighted by atomic mass is 9.86. The van der Waals surface area contributed by atoms with Crippen LogP contribution in [-0.4, -0.2) is 15.5 Å². The van der Waals surface area contributed by atoms with E-state index in [1.165, 1.54) is 47.2 Å². The number of hydrogen-bond donors (Lipinski definition) is 1. The molecule has 2 heterocycles. The molecule has 3 nitrogen and oxygen atoms in total. The zero-order valence-corrected chi connectivity index (χ0v) is 16.7. The van der Waals surface area contributed by atoms with Gasteiger partial charge in [0.25, 0.3) is 0 Å². The van der Waals surface area contributed by atoms with Crippen molar-refractivity contribution in [3.05, 3.63) is 102 Å². The Labute approximate surface area is 175 Å². The molecule has 1 aliphatic rings. The Hall–Kier alpha value is -3.59. The van der Waals surface area contributed by atoms with Gasteiger partial charge in [-0.3, -0.25) is 0 Å². The van der Waals surface area contributed by atoms with Gasteiger partial charge in [-0.05, 0) is 76.6 Å². The van der Waals surface area contributed by atoms with Crippen molar-refractivity contribution >= 4 is 33.0 Å². The summed E-state index contributed by atoms with van der Waals surface area (Å²) < 4.78 is 1.78. The van der Waals surface area contributed by atoms with Gasteiger partial charge >= 0.3 is 5.97 Å². The third-order valence-electron chi connectivity index (χ3n) is 6.01. The first-order valence-corrected chi connectivity index (χ1v) is 10.4. The van der Waals surface area contributed by atoms with Gasteiger partial charge in [-0.25, -0.2) is 4.79 Å². The predicted octanol–water partition coefficient (Wildman–Crippen LogP) is 6.51. The van der Waals surface area contributed by atoms with Crippen molar-refractivity contribution in [2.24, 2.45) is 0 Å². The number of carbonyl (C=O) groups is 1. The highest BCUT2D eigenvalue weighted by Crippen LogP contribution is 2.33. The summed E-state index contributed by atoms with van der Waals surface area (Å²) in [6.07, 6.45) is 8.63. The van der Waals surface area contributed by atoms with Crippen molar-refractivity contribution in [2.45, 2.75) is 25.7 Å². The van der Waals surface area contributed by atoms with E-state index in [0.29, 0.717) is 5.56 Å². The average molecular weight is 393 g/mol. The Kier molecular flexibility index (Phi) is 4.72. The molecule has 0 spiro atoms. The summed E-state index contributed by atoms with van der Waals surface area (Å²) in [5.41, 5.74) is 4.39. The maximum absolute atomic E-state index is 10.6. The van der Waals surface area contributed by atoms with E-state index in [0.717, 1.165) is 5.52 Å². The molecule has 0 amide bonds. The summed E-state index contributed by atoms with van der Waals surface area (Å²) >= 11 is 0. The fourth-order valence-electron chi connectivity index (χ4n) is 4.51. The number of rotatable bonds is 1. The largest absolute Gasteiger partial charge is 0.478 e. The summed E-state index contributed by atoms with van der Waals surface area (Å²) in [5.74, 6) is -0.890. The highest BCUT2D eigenvalue weighted by Gasteiger charge is 2.13. The molecular weight excluding hydrogens is 370 g/mol. The van der Waals surface area contributed by atoms with Gasteiger partial charge in [0.15, 0.2) is 0 Å². The summed E-state index contributed by atoms with van der Waals surface area (Å²) in [6, 6.07) is 25.2. The lowest BCUT2D eigenvalue weighted by Crippen LogP contribution is -2.02. The summed E-state index contributed by atoms with van der Waals surface area (Å²) in [5, 5.41) is 14.3. The summed E-state index contributed by atoms with van der Waals surface area (Å²) in [4.78, 5) is 10.6. The van der Waals surface area contributed by atoms with Crippen molar-refractivity contribution in [1.82, 2.24) is 4.40 Å². The number of pyridine rings is 1. The van der Waals surface area contributed by atoms with E-state index in [9.17, 15) is 4.79 Å². The molecule has 3 heteroatoms. The molecule has 1 aliphatic carbocycles. The Morgan fingerprint density at radius 1 is 0.800 bits per heavy atom. The molecular formula is C27H23NO2. The van der Waals surface area contributed by atoms with Crippen LogP contribution in [0.1, 0.15) is 34.3 Å². The first-order valence-electron chi connectivity index (χ1n) is 10.4. The molecule has 0 unspecified atom stereocenters. The molecule has 0 fully saturated rings. The smallest absolute Gasteiger partial charge is 0.337 e. The lowest BCUT2D eigenvalue weighted by molar-refractivity contribution is 0.0697. The number of carboxylic acids is 1. The first kappa shape index (κ1) is 18.4. The number of aromatic carboxylic acids is 1. The lowest BCUT2D eigenvalue weighted by Gasteiger charge is -2.18. The Morgan fingerprint density at radius 3 is 2.47 bits per heavy atom. The van der Waals surface area contributed by atoms with Crippen LogP contribution < -0.4 is 0 Å². The maximum Gasteiger partial charge on any atom is 0.337 e. The monoisotopic (exact) mass is 393 g/mol. The number of carboxylic acid groups (broad SMARTS) is 1. The predicted molar refractivity (Wildman–Crippen MR) is 122 cm³/mol. The Morgan fingerprint density at radius 2 is 1.60 bits per heavy atom. The van der Waals surface area contributed by atoms with Gasteiger partial charge < -0.3 is 9.51 Å². The fourth-order valence-corrected chi connectivity index (χ4v) is 4.51. The molecule has 30 heavy (non-hydrogen) atoms. The van der Waals surface area contributed by atoms with Crippen molar-refractivity contribution in [1.29, 1.82) is 0 Å². The van der Waals surface area contributed by atoms with E-state index in [2.05, 4.69) is 48.5 Å². The molecule has 2 aromatic heterocycles. The second-order valence-corrected chi connectivity index (χ2v) is 7.86. The fraction of sp³-hybridized carbons (Fsp3) is 0.148. The quantitative estimate of drug-likeness (QED) is 0.330. The topological polar surface area (TPSA) is 41.7 Å². The molecule has 6 rings (SSSR count). The van der Waals surface area contributed by atoms with Gasteiger partial charge in [-0.1, -0.05) is 54.6 Å². The first-order chi connectivity index (χ1) is 14.7. The molecule has 0 aliphatic heterocycles. The van der Waals surface area contributed by atoms with E-state index in [-0.39, 0.29) is 0 Å². The molecule has 3 aromatic carbocycles. The van der Waals surface area contributed by atoms with Gasteiger partial charge in [0.1, 0.15) is 0 Å². The van der Waals surface area contributed by atoms with Crippen molar-refractivity contribution < 1.29 is 9.90 Å². The summed E-state index contributed by atoms with van der Waals surface area (Å²) in [6.45, 7) is 0. The normalized spacial score (nSPS) is 13.1. The van der Waals surface area contributed by atoms with Crippen LogP contribution in [-0.2, 0) is 12.8 Å². The van der Waals surface area contributed by atoms with Crippen LogP contribution in [0, 0.1) is 0 Å². The SMILES string of the molecule is O=C(O)c1cc2ccccn2c1.c1ccc2c(c1)ccc1c3c(ccc12)CCCC3. The number of fused-ring (bicyclic) bond motifs is 6. The van der Waals surface area contributed by atoms with Crippen LogP contribution in [0.4, 0.5) is 0 Å². The molecule has 5 aromatic rings. The zero-order valence-electron chi connectivity index (χ0n) is 16.7. The minimum atomic E-state index is -0.890. The van der Waals surface area contributed by atoms with E-state index < -0.39 is 5.97 Å². The second kappa shape index (κ2) is 7.68. The molecule has 0 radical (unpaired) electrons. The third-order valence-corrected chi connectivity index (χ3v) is 6.01. The molecule has 148 valence electrons. The molecule has 0 saturated carbocycles. The molecule has 1 N–H and O–H groups in total. The number of aryl methyl sites for hydroxylation is 2. The average Bonchev–Trinajstić information content (AvgIpc) is 3.24. The van der Waals surface area contributed by atoms with Crippen molar-refractivity contribution in [3.63, 3.8) is 0 Å². The van der Waals surface area contributed by atoms with E-state index >= 15 is 0 Å². The molecule has 0 saturated heterocycles. The third kappa shape index (κ3) is 3.33. The minimum absolute atomic E-state index is 0.321. The van der Waals surface area contributed by atoms with Crippen LogP contribution >= 0.6 is 0 Å². The Balaban J connectivity index is 0.000000140. The highest BCUT2D eigenvalue weighted by molar-refractivity contribution is 6.08. The van der Waals surface area contributed by atoms with Crippen LogP contribution in [0.3, 0.4) is 0 Å². The van der Waals surface area contributed by atoms with Gasteiger partial charge in [-0.2, -0.15) is 0 Å². The van der Waals surface area contributed by atoms with E-state index in [1.807, 2.05) is 24.4 Å². The van der Waals surface area contributed by atoms with Crippen LogP contribution in [0.15, 0.2) is 85.2 Å². The molecule has 0 atom stereocenters. The Bertz CT molecular complexity index is 1350. The van der Waals surface area contributed by atoms with Gasteiger partial charge in [-0.15, -0.1) is 0 Å². The van der Waals surface area contributed by atoms with E-state index in [1.54, 1.807) is 27.8 Å².